The van der Waals surface area contributed by atoms with Gasteiger partial charge in [0.2, 0.25) is 5.91 Å². The highest BCUT2D eigenvalue weighted by atomic mass is 32.2. The number of hydrogen-bond donors (Lipinski definition) is 0. The van der Waals surface area contributed by atoms with Crippen LogP contribution in [0.15, 0.2) is 66.1 Å². The third-order valence-electron chi connectivity index (χ3n) is 4.01. The molecule has 130 valence electrons. The number of para-hydroxylation sites is 3. The van der Waals surface area contributed by atoms with Crippen molar-refractivity contribution in [2.24, 2.45) is 5.92 Å². The molecular formula is C19H19NO4S. The molecule has 0 bridgehead atoms. The SMILES string of the molecule is CN(C(=O)CC1C=CS(=O)(=O)C1)c1ccccc1Oc1ccccc1. The smallest absolute Gasteiger partial charge is 0.227 e. The molecule has 1 aliphatic heterocycles. The molecule has 0 N–H and O–H groups in total. The fraction of sp³-hybridized carbons (Fsp3) is 0.211. The lowest BCUT2D eigenvalue weighted by molar-refractivity contribution is -0.118. The van der Waals surface area contributed by atoms with Crippen molar-refractivity contribution in [2.75, 3.05) is 17.7 Å². The molecule has 5 nitrogen and oxygen atoms in total. The number of ether oxygens (including phenoxy) is 1. The number of carbonyl (C=O) groups is 1. The molecule has 3 rings (SSSR count). The van der Waals surface area contributed by atoms with Crippen LogP contribution in [0.5, 0.6) is 11.5 Å². The van der Waals surface area contributed by atoms with Gasteiger partial charge in [-0.25, -0.2) is 8.42 Å². The maximum Gasteiger partial charge on any atom is 0.227 e. The highest BCUT2D eigenvalue weighted by Gasteiger charge is 2.26. The molecular weight excluding hydrogens is 338 g/mol. The van der Waals surface area contributed by atoms with E-state index in [1.54, 1.807) is 25.3 Å². The first-order valence-corrected chi connectivity index (χ1v) is 9.65. The summed E-state index contributed by atoms with van der Waals surface area (Å²) in [6, 6.07) is 16.6. The average Bonchev–Trinajstić information content (AvgIpc) is 2.94. The van der Waals surface area contributed by atoms with Crippen molar-refractivity contribution >= 4 is 21.4 Å². The standard InChI is InChI=1S/C19H19NO4S/c1-20(19(21)13-15-11-12-25(22,23)14-15)17-9-5-6-10-18(17)24-16-7-3-2-4-8-16/h2-12,15H,13-14H2,1H3. The van der Waals surface area contributed by atoms with Crippen LogP contribution in [-0.2, 0) is 14.6 Å². The zero-order valence-electron chi connectivity index (χ0n) is 13.8. The van der Waals surface area contributed by atoms with E-state index in [2.05, 4.69) is 0 Å². The number of benzene rings is 2. The molecule has 1 heterocycles. The zero-order chi connectivity index (χ0) is 17.9. The van der Waals surface area contributed by atoms with Crippen LogP contribution in [0.2, 0.25) is 0 Å². The van der Waals surface area contributed by atoms with Gasteiger partial charge in [-0.1, -0.05) is 36.4 Å². The fourth-order valence-corrected chi connectivity index (χ4v) is 4.10. The fourth-order valence-electron chi connectivity index (χ4n) is 2.70. The quantitative estimate of drug-likeness (QED) is 0.823. The highest BCUT2D eigenvalue weighted by Crippen LogP contribution is 2.32. The number of carbonyl (C=O) groups excluding carboxylic acids is 1. The minimum Gasteiger partial charge on any atom is -0.455 e. The summed E-state index contributed by atoms with van der Waals surface area (Å²) in [4.78, 5) is 14.1. The van der Waals surface area contributed by atoms with Gasteiger partial charge < -0.3 is 9.64 Å². The van der Waals surface area contributed by atoms with E-state index in [0.29, 0.717) is 17.2 Å². The van der Waals surface area contributed by atoms with Crippen molar-refractivity contribution in [3.63, 3.8) is 0 Å². The summed E-state index contributed by atoms with van der Waals surface area (Å²) in [5, 5.41) is 1.19. The van der Waals surface area contributed by atoms with Crippen molar-refractivity contribution in [3.8, 4) is 11.5 Å². The monoisotopic (exact) mass is 357 g/mol. The molecule has 2 aromatic carbocycles. The van der Waals surface area contributed by atoms with E-state index >= 15 is 0 Å². The van der Waals surface area contributed by atoms with Gasteiger partial charge in [-0.3, -0.25) is 4.79 Å². The van der Waals surface area contributed by atoms with Crippen molar-refractivity contribution in [2.45, 2.75) is 6.42 Å². The summed E-state index contributed by atoms with van der Waals surface area (Å²) in [7, 11) is -1.49. The van der Waals surface area contributed by atoms with E-state index in [1.807, 2.05) is 42.5 Å². The Labute approximate surface area is 147 Å². The van der Waals surface area contributed by atoms with Gasteiger partial charge in [-0.15, -0.1) is 0 Å². The van der Waals surface area contributed by atoms with Gasteiger partial charge in [0.05, 0.1) is 11.4 Å². The van der Waals surface area contributed by atoms with Crippen LogP contribution in [0.25, 0.3) is 0 Å². The lowest BCUT2D eigenvalue weighted by Crippen LogP contribution is -2.28. The molecule has 1 amide bonds. The van der Waals surface area contributed by atoms with E-state index in [1.165, 1.54) is 10.3 Å². The zero-order valence-corrected chi connectivity index (χ0v) is 14.6. The normalized spacial score (nSPS) is 18.0. The van der Waals surface area contributed by atoms with Crippen LogP contribution < -0.4 is 9.64 Å². The Hall–Kier alpha value is -2.60. The molecule has 0 aromatic heterocycles. The lowest BCUT2D eigenvalue weighted by atomic mass is 10.1. The summed E-state index contributed by atoms with van der Waals surface area (Å²) < 4.78 is 28.9. The predicted molar refractivity (Wildman–Crippen MR) is 97.4 cm³/mol. The van der Waals surface area contributed by atoms with E-state index in [0.717, 1.165) is 0 Å². The van der Waals surface area contributed by atoms with Crippen LogP contribution in [0, 0.1) is 5.92 Å². The maximum atomic E-state index is 12.6. The molecule has 2 aromatic rings. The van der Waals surface area contributed by atoms with Gasteiger partial charge >= 0.3 is 0 Å². The number of anilines is 1. The van der Waals surface area contributed by atoms with E-state index in [-0.39, 0.29) is 24.0 Å². The van der Waals surface area contributed by atoms with Crippen molar-refractivity contribution in [3.05, 3.63) is 66.1 Å². The summed E-state index contributed by atoms with van der Waals surface area (Å²) >= 11 is 0. The molecule has 0 saturated carbocycles. The van der Waals surface area contributed by atoms with E-state index in [9.17, 15) is 13.2 Å². The molecule has 0 spiro atoms. The van der Waals surface area contributed by atoms with Crippen LogP contribution in [0.4, 0.5) is 5.69 Å². The second-order valence-corrected chi connectivity index (χ2v) is 7.89. The van der Waals surface area contributed by atoms with Crippen LogP contribution >= 0.6 is 0 Å². The Morgan fingerprint density at radius 2 is 1.80 bits per heavy atom. The van der Waals surface area contributed by atoms with Gasteiger partial charge in [0.25, 0.3) is 0 Å². The van der Waals surface area contributed by atoms with Gasteiger partial charge in [0.1, 0.15) is 5.75 Å². The average molecular weight is 357 g/mol. The first-order valence-electron chi connectivity index (χ1n) is 7.94. The number of rotatable bonds is 5. The Kier molecular flexibility index (Phi) is 4.90. The lowest BCUT2D eigenvalue weighted by Gasteiger charge is -2.21. The molecule has 1 aliphatic rings. The predicted octanol–water partition coefficient (Wildman–Crippen LogP) is 3.39. The number of nitrogens with zero attached hydrogens (tertiary/aromatic N) is 1. The van der Waals surface area contributed by atoms with Gasteiger partial charge in [-0.2, -0.15) is 0 Å². The van der Waals surface area contributed by atoms with Crippen LogP contribution in [0.3, 0.4) is 0 Å². The van der Waals surface area contributed by atoms with Crippen molar-refractivity contribution in [1.82, 2.24) is 0 Å². The third-order valence-corrected chi connectivity index (χ3v) is 5.48. The van der Waals surface area contributed by atoms with Crippen molar-refractivity contribution in [1.29, 1.82) is 0 Å². The molecule has 25 heavy (non-hydrogen) atoms. The molecule has 6 heteroatoms. The number of amides is 1. The second-order valence-electron chi connectivity index (χ2n) is 5.96. The van der Waals surface area contributed by atoms with Crippen LogP contribution in [-0.4, -0.2) is 27.1 Å². The first kappa shape index (κ1) is 17.2. The van der Waals surface area contributed by atoms with Gasteiger partial charge in [0, 0.05) is 24.8 Å². The molecule has 0 aliphatic carbocycles. The van der Waals surface area contributed by atoms with E-state index in [4.69, 9.17) is 4.74 Å². The van der Waals surface area contributed by atoms with Crippen molar-refractivity contribution < 1.29 is 17.9 Å². The molecule has 0 radical (unpaired) electrons. The Bertz CT molecular complexity index is 891. The minimum atomic E-state index is -3.16. The third kappa shape index (κ3) is 4.28. The second kappa shape index (κ2) is 7.11. The molecule has 1 atom stereocenters. The number of allylic oxidation sites excluding steroid dienone is 1. The van der Waals surface area contributed by atoms with Gasteiger partial charge in [0.15, 0.2) is 15.6 Å². The number of sulfone groups is 1. The van der Waals surface area contributed by atoms with Gasteiger partial charge in [-0.05, 0) is 24.3 Å². The number of hydrogen-bond acceptors (Lipinski definition) is 4. The minimum absolute atomic E-state index is 0.00522. The summed E-state index contributed by atoms with van der Waals surface area (Å²) in [5.74, 6) is 0.812. The Morgan fingerprint density at radius 1 is 1.12 bits per heavy atom. The van der Waals surface area contributed by atoms with E-state index < -0.39 is 9.84 Å². The summed E-state index contributed by atoms with van der Waals surface area (Å²) in [5.41, 5.74) is 0.640. The summed E-state index contributed by atoms with van der Waals surface area (Å²) in [6.45, 7) is 0. The topological polar surface area (TPSA) is 63.7 Å². The largest absolute Gasteiger partial charge is 0.455 e. The highest BCUT2D eigenvalue weighted by molar-refractivity contribution is 7.94. The molecule has 1 unspecified atom stereocenters. The van der Waals surface area contributed by atoms with Crippen LogP contribution in [0.1, 0.15) is 6.42 Å². The molecule has 0 saturated heterocycles. The maximum absolute atomic E-state index is 12.6. The summed E-state index contributed by atoms with van der Waals surface area (Å²) in [6.07, 6.45) is 1.74. The first-order chi connectivity index (χ1) is 11.9. The Balaban J connectivity index is 1.75. The Morgan fingerprint density at radius 3 is 2.48 bits per heavy atom. The molecule has 0 fully saturated rings.